The Hall–Kier alpha value is -2.59. The number of hydrogen-bond donors (Lipinski definition) is 0. The molecule has 0 radical (unpaired) electrons. The minimum atomic E-state index is -4.40. The Morgan fingerprint density at radius 1 is 1.12 bits per heavy atom. The lowest BCUT2D eigenvalue weighted by Gasteiger charge is -2.29. The Bertz CT molecular complexity index is 1180. The summed E-state index contributed by atoms with van der Waals surface area (Å²) in [6, 6.07) is 4.90. The van der Waals surface area contributed by atoms with E-state index in [-0.39, 0.29) is 23.6 Å². The van der Waals surface area contributed by atoms with Gasteiger partial charge in [0.25, 0.3) is 0 Å². The lowest BCUT2D eigenvalue weighted by atomic mass is 9.99. The van der Waals surface area contributed by atoms with Gasteiger partial charge in [0, 0.05) is 37.8 Å². The summed E-state index contributed by atoms with van der Waals surface area (Å²) in [5, 5.41) is 1.12. The molecular formula is C24H29F3N2O4S. The van der Waals surface area contributed by atoms with Crippen LogP contribution in [0.3, 0.4) is 0 Å². The number of rotatable bonds is 6. The van der Waals surface area contributed by atoms with Crippen LogP contribution in [0.1, 0.15) is 38.0 Å². The highest BCUT2D eigenvalue weighted by Gasteiger charge is 2.30. The van der Waals surface area contributed by atoms with Gasteiger partial charge in [0.1, 0.15) is 12.0 Å². The quantitative estimate of drug-likeness (QED) is 0.476. The first-order chi connectivity index (χ1) is 16.2. The summed E-state index contributed by atoms with van der Waals surface area (Å²) >= 11 is 0. The predicted octanol–water partition coefficient (Wildman–Crippen LogP) is 5.07. The smallest absolute Gasteiger partial charge is 0.416 e. The zero-order valence-corrected chi connectivity index (χ0v) is 20.2. The second-order valence-electron chi connectivity index (χ2n) is 7.95. The first-order valence-electron chi connectivity index (χ1n) is 11.2. The molecule has 1 fully saturated rings. The van der Waals surface area contributed by atoms with E-state index in [1.54, 1.807) is 23.2 Å². The van der Waals surface area contributed by atoms with Crippen LogP contribution in [-0.4, -0.2) is 39.0 Å². The van der Waals surface area contributed by atoms with E-state index >= 15 is 0 Å². The van der Waals surface area contributed by atoms with Crippen LogP contribution in [0.5, 0.6) is 5.75 Å². The predicted molar refractivity (Wildman–Crippen MR) is 126 cm³/mol. The van der Waals surface area contributed by atoms with Crippen molar-refractivity contribution in [1.82, 2.24) is 8.87 Å². The molecule has 1 unspecified atom stereocenters. The topological polar surface area (TPSA) is 64.7 Å². The summed E-state index contributed by atoms with van der Waals surface area (Å²) < 4.78 is 65.0. The Kier molecular flexibility index (Phi) is 8.59. The van der Waals surface area contributed by atoms with E-state index in [0.717, 1.165) is 38.1 Å². The zero-order chi connectivity index (χ0) is 24.9. The van der Waals surface area contributed by atoms with Crippen molar-refractivity contribution < 1.29 is 26.5 Å². The summed E-state index contributed by atoms with van der Waals surface area (Å²) in [6.07, 6.45) is 3.53. The van der Waals surface area contributed by atoms with Gasteiger partial charge in [-0.15, -0.1) is 0 Å². The molecule has 0 saturated carbocycles. The van der Waals surface area contributed by atoms with E-state index in [1.807, 2.05) is 18.2 Å². The Morgan fingerprint density at radius 3 is 2.41 bits per heavy atom. The molecule has 2 aromatic heterocycles. The van der Waals surface area contributed by atoms with Gasteiger partial charge in [-0.3, -0.25) is 4.79 Å². The largest absolute Gasteiger partial charge is 0.486 e. The van der Waals surface area contributed by atoms with Gasteiger partial charge in [-0.05, 0) is 41.7 Å². The molecule has 1 saturated heterocycles. The summed E-state index contributed by atoms with van der Waals surface area (Å²) in [7, 11) is -0.965. The molecule has 10 heteroatoms. The highest BCUT2D eigenvalue weighted by molar-refractivity contribution is 7.81. The van der Waals surface area contributed by atoms with Crippen LogP contribution < -0.4 is 10.2 Å². The van der Waals surface area contributed by atoms with Gasteiger partial charge in [0.2, 0.25) is 11.2 Å². The number of aromatic nitrogens is 1. The second kappa shape index (κ2) is 11.2. The number of piperidine rings is 1. The molecule has 0 aliphatic carbocycles. The van der Waals surface area contributed by atoms with Crippen molar-refractivity contribution >= 4 is 21.8 Å². The maximum absolute atomic E-state index is 12.9. The molecule has 1 aliphatic rings. The second-order valence-corrected chi connectivity index (χ2v) is 9.32. The van der Waals surface area contributed by atoms with E-state index in [4.69, 9.17) is 9.15 Å². The van der Waals surface area contributed by atoms with Gasteiger partial charge >= 0.3 is 6.18 Å². The fourth-order valence-electron chi connectivity index (χ4n) is 3.81. The third kappa shape index (κ3) is 6.50. The summed E-state index contributed by atoms with van der Waals surface area (Å²) in [4.78, 5) is 12.4. The summed E-state index contributed by atoms with van der Waals surface area (Å²) in [5.74, 6) is 0.780. The molecule has 6 nitrogen and oxygen atoms in total. The fourth-order valence-corrected chi connectivity index (χ4v) is 4.54. The van der Waals surface area contributed by atoms with Crippen LogP contribution in [0, 0.1) is 5.92 Å². The third-order valence-electron chi connectivity index (χ3n) is 5.63. The van der Waals surface area contributed by atoms with Crippen LogP contribution in [0.25, 0.3) is 10.8 Å². The third-order valence-corrected chi connectivity index (χ3v) is 6.72. The lowest BCUT2D eigenvalue weighted by molar-refractivity contribution is -0.137. The maximum Gasteiger partial charge on any atom is 0.416 e. The van der Waals surface area contributed by atoms with Crippen molar-refractivity contribution in [2.45, 2.75) is 39.4 Å². The van der Waals surface area contributed by atoms with Crippen LogP contribution in [0.2, 0.25) is 0 Å². The highest BCUT2D eigenvalue weighted by atomic mass is 32.2. The van der Waals surface area contributed by atoms with Crippen molar-refractivity contribution in [3.8, 4) is 5.75 Å². The molecule has 0 spiro atoms. The van der Waals surface area contributed by atoms with Gasteiger partial charge in [-0.25, -0.2) is 8.51 Å². The standard InChI is InChI=1S/C22H23F3N2O4S.C2H6/c1-32(29)27-6-4-15(5-7-27)13-31-21-14-30-19(9-20(21)28)12-26-10-16-2-3-18(22(23,24)25)8-17(16)11-26;1-2/h2-3,8-11,14-15H,4-7,12-13H2,1H3;1-2H3. The highest BCUT2D eigenvalue weighted by Crippen LogP contribution is 2.31. The van der Waals surface area contributed by atoms with E-state index in [9.17, 15) is 22.2 Å². The number of hydrogen-bond acceptors (Lipinski definition) is 4. The van der Waals surface area contributed by atoms with Gasteiger partial charge in [0.05, 0.1) is 29.7 Å². The SMILES string of the molecule is CC.CS(=O)N1CCC(COc2coc(Cn3cc4ccc(C(F)(F)F)cc4c3)cc2=O)CC1. The van der Waals surface area contributed by atoms with Gasteiger partial charge in [0.15, 0.2) is 0 Å². The first-order valence-corrected chi connectivity index (χ1v) is 12.7. The molecule has 1 aromatic carbocycles. The van der Waals surface area contributed by atoms with E-state index in [1.165, 1.54) is 18.4 Å². The normalized spacial score (nSPS) is 16.2. The van der Waals surface area contributed by atoms with Crippen molar-refractivity contribution in [3.63, 3.8) is 0 Å². The Balaban J connectivity index is 0.00000158. The molecule has 1 aliphatic heterocycles. The molecule has 3 aromatic rings. The van der Waals surface area contributed by atoms with Gasteiger partial charge in [-0.1, -0.05) is 19.9 Å². The van der Waals surface area contributed by atoms with Crippen molar-refractivity contribution in [2.24, 2.45) is 5.92 Å². The average molecular weight is 499 g/mol. The molecular weight excluding hydrogens is 469 g/mol. The minimum absolute atomic E-state index is 0.128. The molecule has 1 atom stereocenters. The molecule has 0 N–H and O–H groups in total. The Morgan fingerprint density at radius 2 is 1.79 bits per heavy atom. The minimum Gasteiger partial charge on any atom is -0.486 e. The molecule has 186 valence electrons. The number of nitrogens with zero attached hydrogens (tertiary/aromatic N) is 2. The number of ether oxygens (including phenoxy) is 1. The van der Waals surface area contributed by atoms with Crippen LogP contribution in [0.4, 0.5) is 13.2 Å². The monoisotopic (exact) mass is 498 g/mol. The van der Waals surface area contributed by atoms with Crippen molar-refractivity contribution in [3.05, 3.63) is 64.5 Å². The molecule has 4 rings (SSSR count). The van der Waals surface area contributed by atoms with Gasteiger partial charge < -0.3 is 13.7 Å². The van der Waals surface area contributed by atoms with Crippen molar-refractivity contribution in [1.29, 1.82) is 0 Å². The fraction of sp³-hybridized carbons (Fsp3) is 0.458. The molecule has 34 heavy (non-hydrogen) atoms. The van der Waals surface area contributed by atoms with Crippen LogP contribution in [-0.2, 0) is 23.7 Å². The maximum atomic E-state index is 12.9. The summed E-state index contributed by atoms with van der Waals surface area (Å²) in [5.41, 5.74) is -1.01. The van der Waals surface area contributed by atoms with Crippen molar-refractivity contribution in [2.75, 3.05) is 26.0 Å². The van der Waals surface area contributed by atoms with E-state index in [2.05, 4.69) is 0 Å². The molecule has 0 bridgehead atoms. The summed E-state index contributed by atoms with van der Waals surface area (Å²) in [6.45, 7) is 6.07. The molecule has 3 heterocycles. The number of halogens is 3. The van der Waals surface area contributed by atoms with Gasteiger partial charge in [-0.2, -0.15) is 13.2 Å². The first kappa shape index (κ1) is 26.0. The average Bonchev–Trinajstić information content (AvgIpc) is 3.21. The lowest BCUT2D eigenvalue weighted by Crippen LogP contribution is -2.36. The Labute approximate surface area is 198 Å². The number of benzene rings is 1. The molecule has 0 amide bonds. The number of fused-ring (bicyclic) bond motifs is 1. The zero-order valence-electron chi connectivity index (χ0n) is 19.4. The van der Waals surface area contributed by atoms with E-state index in [0.29, 0.717) is 23.1 Å². The van der Waals surface area contributed by atoms with E-state index < -0.39 is 22.7 Å². The number of alkyl halides is 3. The van der Waals surface area contributed by atoms with Crippen LogP contribution in [0.15, 0.2) is 52.1 Å². The van der Waals surface area contributed by atoms with Crippen LogP contribution >= 0.6 is 0 Å².